The number of ether oxygens (including phenoxy) is 4. The number of carbonyl (C=O) groups excluding carboxylic acids is 4. The molecule has 4 heterocycles. The van der Waals surface area contributed by atoms with Crippen molar-refractivity contribution in [3.05, 3.63) is 119 Å². The van der Waals surface area contributed by atoms with Gasteiger partial charge in [0, 0.05) is 37.1 Å². The lowest BCUT2D eigenvalue weighted by atomic mass is 9.83. The molecule has 4 aromatic rings. The fraction of sp³-hybridized carbons (Fsp3) is 0.458. The molecule has 14 heteroatoms. The first kappa shape index (κ1) is 43.1. The molecule has 8 rings (SSSR count). The summed E-state index contributed by atoms with van der Waals surface area (Å²) < 4.78 is 48.9. The maximum absolute atomic E-state index is 13.8. The van der Waals surface area contributed by atoms with Crippen LogP contribution in [0.1, 0.15) is 68.9 Å². The number of nitrogens with zero attached hydrogens (tertiary/aromatic N) is 4. The van der Waals surface area contributed by atoms with Gasteiger partial charge in [0.15, 0.2) is 11.6 Å². The number of ketones is 2. The van der Waals surface area contributed by atoms with Crippen LogP contribution < -0.4 is 9.47 Å². The monoisotopic (exact) mass is 850 g/mol. The molecule has 0 radical (unpaired) electrons. The maximum Gasteiger partial charge on any atom is 0.417 e. The topological polar surface area (TPSA) is 137 Å². The predicted octanol–water partition coefficient (Wildman–Crippen LogP) is 5.82. The molecule has 0 amide bonds. The van der Waals surface area contributed by atoms with Crippen LogP contribution in [0.4, 0.5) is 8.78 Å². The van der Waals surface area contributed by atoms with E-state index in [9.17, 15) is 28.0 Å². The standard InChI is InChI=1S/C48H52F2N4O8/c49-17-25-59-39-11-5-19-51-43(39)45(55)31-13-21-53(22-14-31)37-27-33-7-1-3-9-35(33)29-41(37)61-47(57)48(58)62-42-30-36-10-4-2-8-34(36)28-38(42)54-23-15-32(16-24-54)46(56)44-40(60-26-18-50)12-6-20-52-44/h1-12,19-20,31-32,37-38,41-42H,13-18,21-30H2. The van der Waals surface area contributed by atoms with E-state index in [1.165, 1.54) is 12.4 Å². The number of carbonyl (C=O) groups is 4. The highest BCUT2D eigenvalue weighted by Crippen LogP contribution is 2.34. The molecule has 2 aromatic heterocycles. The maximum atomic E-state index is 13.8. The fourth-order valence-corrected chi connectivity index (χ4v) is 9.73. The van der Waals surface area contributed by atoms with Crippen LogP contribution in [0, 0.1) is 11.8 Å². The highest BCUT2D eigenvalue weighted by molar-refractivity contribution is 6.29. The predicted molar refractivity (Wildman–Crippen MR) is 224 cm³/mol. The fourth-order valence-electron chi connectivity index (χ4n) is 9.73. The van der Waals surface area contributed by atoms with Crippen molar-refractivity contribution >= 4 is 23.5 Å². The van der Waals surface area contributed by atoms with E-state index in [0.717, 1.165) is 22.3 Å². The van der Waals surface area contributed by atoms with Crippen molar-refractivity contribution < 1.29 is 46.9 Å². The minimum absolute atomic E-state index is 0.139. The third kappa shape index (κ3) is 9.71. The number of likely N-dealkylation sites (tertiary alicyclic amines) is 2. The highest BCUT2D eigenvalue weighted by atomic mass is 19.1. The largest absolute Gasteiger partial charge is 0.488 e. The molecule has 12 nitrogen and oxygen atoms in total. The zero-order valence-electron chi connectivity index (χ0n) is 34.7. The molecular formula is C48H52F2N4O8. The second kappa shape index (κ2) is 20.1. The van der Waals surface area contributed by atoms with Gasteiger partial charge >= 0.3 is 11.9 Å². The second-order valence-electron chi connectivity index (χ2n) is 16.5. The molecule has 2 aliphatic carbocycles. The molecule has 2 aliphatic heterocycles. The van der Waals surface area contributed by atoms with Crippen LogP contribution >= 0.6 is 0 Å². The van der Waals surface area contributed by atoms with Gasteiger partial charge in [-0.25, -0.2) is 28.3 Å². The first-order chi connectivity index (χ1) is 30.3. The van der Waals surface area contributed by atoms with Gasteiger partial charge in [-0.05, 0) is 111 Å². The molecule has 4 unspecified atom stereocenters. The number of piperidine rings is 2. The number of Topliss-reactive ketones (excluding diaryl/α,β-unsaturated/α-hetero) is 2. The third-order valence-electron chi connectivity index (χ3n) is 12.9. The van der Waals surface area contributed by atoms with E-state index in [1.807, 2.05) is 36.4 Å². The number of hydrogen-bond acceptors (Lipinski definition) is 12. The first-order valence-corrected chi connectivity index (χ1v) is 21.7. The first-order valence-electron chi connectivity index (χ1n) is 21.7. The molecule has 0 saturated carbocycles. The van der Waals surface area contributed by atoms with Crippen molar-refractivity contribution in [1.29, 1.82) is 0 Å². The Morgan fingerprint density at radius 3 is 1.27 bits per heavy atom. The summed E-state index contributed by atoms with van der Waals surface area (Å²) in [5.74, 6) is -2.41. The molecule has 2 saturated heterocycles. The number of alkyl halides is 2. The number of esters is 2. The van der Waals surface area contributed by atoms with Gasteiger partial charge in [-0.2, -0.15) is 0 Å². The van der Waals surface area contributed by atoms with Crippen molar-refractivity contribution in [3.8, 4) is 11.5 Å². The average Bonchev–Trinajstić information content (AvgIpc) is 3.32. The zero-order valence-corrected chi connectivity index (χ0v) is 34.7. The summed E-state index contributed by atoms with van der Waals surface area (Å²) in [5, 5.41) is 0. The van der Waals surface area contributed by atoms with Crippen LogP contribution in [0.25, 0.3) is 0 Å². The third-order valence-corrected chi connectivity index (χ3v) is 12.9. The van der Waals surface area contributed by atoms with Gasteiger partial charge in [-0.3, -0.25) is 19.4 Å². The Hall–Kier alpha value is -5.60. The van der Waals surface area contributed by atoms with Gasteiger partial charge in [-0.15, -0.1) is 0 Å². The molecular weight excluding hydrogens is 799 g/mol. The number of halogens is 2. The Morgan fingerprint density at radius 1 is 0.532 bits per heavy atom. The van der Waals surface area contributed by atoms with Gasteiger partial charge in [0.25, 0.3) is 0 Å². The SMILES string of the molecule is O=C(OC1Cc2ccccc2CC1N1CCC(C(=O)c2ncccc2OCCF)CC1)C(=O)OC1Cc2ccccc2CC1N1CCC(C(=O)c2ncccc2OCCF)CC1. The van der Waals surface area contributed by atoms with Crippen molar-refractivity contribution in [3.63, 3.8) is 0 Å². The van der Waals surface area contributed by atoms with Crippen molar-refractivity contribution in [2.75, 3.05) is 52.7 Å². The molecule has 0 spiro atoms. The number of benzene rings is 2. The molecule has 4 aliphatic rings. The summed E-state index contributed by atoms with van der Waals surface area (Å²) in [6.07, 6.45) is 6.07. The minimum Gasteiger partial charge on any atom is -0.488 e. The van der Waals surface area contributed by atoms with Gasteiger partial charge < -0.3 is 18.9 Å². The summed E-state index contributed by atoms with van der Waals surface area (Å²) in [7, 11) is 0. The molecule has 4 atom stereocenters. The Kier molecular flexibility index (Phi) is 13.9. The van der Waals surface area contributed by atoms with Gasteiger partial charge in [0.05, 0.1) is 12.1 Å². The summed E-state index contributed by atoms with van der Waals surface area (Å²) >= 11 is 0. The van der Waals surface area contributed by atoms with Gasteiger partial charge in [0.1, 0.15) is 61.7 Å². The van der Waals surface area contributed by atoms with Gasteiger partial charge in [0.2, 0.25) is 0 Å². The second-order valence-corrected chi connectivity index (χ2v) is 16.5. The van der Waals surface area contributed by atoms with E-state index < -0.39 is 37.5 Å². The molecule has 2 aromatic carbocycles. The van der Waals surface area contributed by atoms with Crippen LogP contribution in [-0.4, -0.2) is 120 Å². The summed E-state index contributed by atoms with van der Waals surface area (Å²) in [5.41, 5.74) is 4.80. The van der Waals surface area contributed by atoms with Crippen molar-refractivity contribution in [2.24, 2.45) is 11.8 Å². The molecule has 0 bridgehead atoms. The normalized spacial score (nSPS) is 22.2. The summed E-state index contributed by atoms with van der Waals surface area (Å²) in [6.45, 7) is 0.599. The number of fused-ring (bicyclic) bond motifs is 2. The van der Waals surface area contributed by atoms with Crippen molar-refractivity contribution in [1.82, 2.24) is 19.8 Å². The van der Waals surface area contributed by atoms with Crippen LogP contribution in [0.5, 0.6) is 11.5 Å². The number of hydrogen-bond donors (Lipinski definition) is 0. The van der Waals surface area contributed by atoms with E-state index in [1.54, 1.807) is 24.3 Å². The Morgan fingerprint density at radius 2 is 0.903 bits per heavy atom. The van der Waals surface area contributed by atoms with E-state index >= 15 is 0 Å². The van der Waals surface area contributed by atoms with Crippen LogP contribution in [0.15, 0.2) is 85.2 Å². The van der Waals surface area contributed by atoms with Crippen LogP contribution in [0.2, 0.25) is 0 Å². The zero-order chi connectivity index (χ0) is 43.0. The quantitative estimate of drug-likeness (QED) is 0.0859. The van der Waals surface area contributed by atoms with Crippen molar-refractivity contribution in [2.45, 2.75) is 75.7 Å². The lowest BCUT2D eigenvalue weighted by molar-refractivity contribution is -0.178. The van der Waals surface area contributed by atoms with E-state index in [0.29, 0.717) is 77.5 Å². The molecule has 326 valence electrons. The molecule has 2 fully saturated rings. The Labute approximate surface area is 359 Å². The lowest BCUT2D eigenvalue weighted by Gasteiger charge is -2.43. The number of aromatic nitrogens is 2. The van der Waals surface area contributed by atoms with Crippen LogP contribution in [0.3, 0.4) is 0 Å². The van der Waals surface area contributed by atoms with Crippen LogP contribution in [-0.2, 0) is 44.7 Å². The lowest BCUT2D eigenvalue weighted by Crippen LogP contribution is -2.54. The van der Waals surface area contributed by atoms with E-state index in [4.69, 9.17) is 18.9 Å². The molecule has 0 N–H and O–H groups in total. The van der Waals surface area contributed by atoms with E-state index in [2.05, 4.69) is 31.9 Å². The summed E-state index contributed by atoms with van der Waals surface area (Å²) in [6, 6.07) is 22.2. The summed E-state index contributed by atoms with van der Waals surface area (Å²) in [4.78, 5) is 67.9. The Bertz CT molecular complexity index is 2070. The minimum atomic E-state index is -1.04. The number of pyridine rings is 2. The average molecular weight is 851 g/mol. The smallest absolute Gasteiger partial charge is 0.417 e. The highest BCUT2D eigenvalue weighted by Gasteiger charge is 2.42. The van der Waals surface area contributed by atoms with E-state index in [-0.39, 0.29) is 71.6 Å². The van der Waals surface area contributed by atoms with Gasteiger partial charge in [-0.1, -0.05) is 48.5 Å². The molecule has 62 heavy (non-hydrogen) atoms. The Balaban J connectivity index is 0.923. The number of rotatable bonds is 14.